The average Bonchev–Trinajstić information content (AvgIpc) is 2.39. The summed E-state index contributed by atoms with van der Waals surface area (Å²) >= 11 is 5.91. The Morgan fingerprint density at radius 3 is 2.70 bits per heavy atom. The molecule has 20 heavy (non-hydrogen) atoms. The molecule has 1 saturated carbocycles. The highest BCUT2D eigenvalue weighted by molar-refractivity contribution is 6.29. The summed E-state index contributed by atoms with van der Waals surface area (Å²) in [5.74, 6) is -0.0655. The third-order valence-corrected chi connectivity index (χ3v) is 3.71. The number of anilines is 1. The van der Waals surface area contributed by atoms with Gasteiger partial charge in [0.2, 0.25) is 0 Å². The molecule has 0 aliphatic heterocycles. The highest BCUT2D eigenvalue weighted by Crippen LogP contribution is 2.22. The summed E-state index contributed by atoms with van der Waals surface area (Å²) in [7, 11) is 0. The first kappa shape index (κ1) is 15.1. The third-order valence-electron chi connectivity index (χ3n) is 3.50. The Balaban J connectivity index is 2.11. The van der Waals surface area contributed by atoms with E-state index < -0.39 is 0 Å². The molecule has 0 spiro atoms. The second-order valence-electron chi connectivity index (χ2n) is 5.66. The Labute approximate surface area is 125 Å². The maximum atomic E-state index is 12.4. The number of aromatic nitrogens is 1. The number of rotatable bonds is 4. The summed E-state index contributed by atoms with van der Waals surface area (Å²) in [6, 6.07) is 2.23. The number of hydrogen-bond acceptors (Lipinski definition) is 3. The molecule has 1 fully saturated rings. The van der Waals surface area contributed by atoms with E-state index in [9.17, 15) is 4.79 Å². The van der Waals surface area contributed by atoms with E-state index in [-0.39, 0.29) is 11.9 Å². The fraction of sp³-hybridized carbons (Fsp3) is 0.600. The first-order chi connectivity index (χ1) is 9.56. The lowest BCUT2D eigenvalue weighted by atomic mass is 9.95. The van der Waals surface area contributed by atoms with E-state index in [1.54, 1.807) is 12.3 Å². The van der Waals surface area contributed by atoms with Crippen LogP contribution >= 0.6 is 11.6 Å². The molecule has 0 aromatic carbocycles. The van der Waals surface area contributed by atoms with Gasteiger partial charge in [-0.2, -0.15) is 0 Å². The van der Waals surface area contributed by atoms with Crippen molar-refractivity contribution in [2.24, 2.45) is 0 Å². The van der Waals surface area contributed by atoms with Gasteiger partial charge in [0.1, 0.15) is 5.15 Å². The predicted molar refractivity (Wildman–Crippen MR) is 82.3 cm³/mol. The SMILES string of the molecule is CC(C)Nc1cc(Cl)ncc1C(=O)NC1CCCCC1. The molecule has 0 bridgehead atoms. The van der Waals surface area contributed by atoms with Crippen molar-refractivity contribution < 1.29 is 4.79 Å². The fourth-order valence-electron chi connectivity index (χ4n) is 2.55. The number of halogens is 1. The normalized spacial score (nSPS) is 16.2. The Morgan fingerprint density at radius 1 is 1.35 bits per heavy atom. The van der Waals surface area contributed by atoms with E-state index in [2.05, 4.69) is 15.6 Å². The summed E-state index contributed by atoms with van der Waals surface area (Å²) in [6.45, 7) is 4.05. The molecular weight excluding hydrogens is 274 g/mol. The minimum atomic E-state index is -0.0655. The molecular formula is C15H22ClN3O. The molecule has 0 radical (unpaired) electrons. The number of hydrogen-bond donors (Lipinski definition) is 2. The van der Waals surface area contributed by atoms with Crippen molar-refractivity contribution in [2.75, 3.05) is 5.32 Å². The van der Waals surface area contributed by atoms with Gasteiger partial charge in [0.25, 0.3) is 5.91 Å². The minimum absolute atomic E-state index is 0.0655. The number of amides is 1. The minimum Gasteiger partial charge on any atom is -0.382 e. The highest BCUT2D eigenvalue weighted by atomic mass is 35.5. The van der Waals surface area contributed by atoms with Crippen molar-refractivity contribution in [2.45, 2.75) is 58.0 Å². The van der Waals surface area contributed by atoms with E-state index in [1.807, 2.05) is 13.8 Å². The molecule has 5 heteroatoms. The van der Waals surface area contributed by atoms with Gasteiger partial charge >= 0.3 is 0 Å². The van der Waals surface area contributed by atoms with Crippen LogP contribution in [-0.4, -0.2) is 23.0 Å². The molecule has 1 amide bonds. The zero-order valence-electron chi connectivity index (χ0n) is 12.1. The number of nitrogens with zero attached hydrogens (tertiary/aromatic N) is 1. The van der Waals surface area contributed by atoms with Crippen LogP contribution in [0.25, 0.3) is 0 Å². The molecule has 4 nitrogen and oxygen atoms in total. The lowest BCUT2D eigenvalue weighted by molar-refractivity contribution is 0.0928. The molecule has 1 aromatic rings. The lowest BCUT2D eigenvalue weighted by Gasteiger charge is -2.23. The van der Waals surface area contributed by atoms with Crippen molar-refractivity contribution in [1.82, 2.24) is 10.3 Å². The van der Waals surface area contributed by atoms with E-state index in [0.29, 0.717) is 16.8 Å². The quantitative estimate of drug-likeness (QED) is 0.834. The Hall–Kier alpha value is -1.29. The van der Waals surface area contributed by atoms with E-state index >= 15 is 0 Å². The Kier molecular flexibility index (Phi) is 5.24. The monoisotopic (exact) mass is 295 g/mol. The van der Waals surface area contributed by atoms with Gasteiger partial charge in [-0.25, -0.2) is 4.98 Å². The second kappa shape index (κ2) is 6.93. The zero-order chi connectivity index (χ0) is 14.5. The van der Waals surface area contributed by atoms with Crippen LogP contribution in [0.5, 0.6) is 0 Å². The van der Waals surface area contributed by atoms with Crippen molar-refractivity contribution in [1.29, 1.82) is 0 Å². The first-order valence-corrected chi connectivity index (χ1v) is 7.67. The maximum absolute atomic E-state index is 12.4. The molecule has 0 saturated heterocycles. The van der Waals surface area contributed by atoms with E-state index in [0.717, 1.165) is 18.5 Å². The zero-order valence-corrected chi connectivity index (χ0v) is 12.8. The van der Waals surface area contributed by atoms with Crippen molar-refractivity contribution in [3.63, 3.8) is 0 Å². The van der Waals surface area contributed by atoms with Crippen LogP contribution in [0.15, 0.2) is 12.3 Å². The van der Waals surface area contributed by atoms with Crippen LogP contribution in [0.2, 0.25) is 5.15 Å². The molecule has 1 aromatic heterocycles. The summed E-state index contributed by atoms with van der Waals surface area (Å²) in [6.07, 6.45) is 7.35. The smallest absolute Gasteiger partial charge is 0.255 e. The van der Waals surface area contributed by atoms with Gasteiger partial charge < -0.3 is 10.6 Å². The summed E-state index contributed by atoms with van der Waals surface area (Å²) in [5, 5.41) is 6.74. The topological polar surface area (TPSA) is 54.0 Å². The number of carbonyl (C=O) groups is 1. The molecule has 110 valence electrons. The summed E-state index contributed by atoms with van der Waals surface area (Å²) < 4.78 is 0. The maximum Gasteiger partial charge on any atom is 0.255 e. The molecule has 0 unspecified atom stereocenters. The standard InChI is InChI=1S/C15H22ClN3O/c1-10(2)18-13-8-14(16)17-9-12(13)15(20)19-11-6-4-3-5-7-11/h8-11H,3-7H2,1-2H3,(H,17,18)(H,19,20). The Morgan fingerprint density at radius 2 is 2.05 bits per heavy atom. The van der Waals surface area contributed by atoms with Gasteiger partial charge in [-0.05, 0) is 32.8 Å². The van der Waals surface area contributed by atoms with Gasteiger partial charge in [0.15, 0.2) is 0 Å². The molecule has 1 aliphatic rings. The van der Waals surface area contributed by atoms with Crippen LogP contribution in [0.4, 0.5) is 5.69 Å². The van der Waals surface area contributed by atoms with Crippen molar-refractivity contribution in [3.8, 4) is 0 Å². The predicted octanol–water partition coefficient (Wildman–Crippen LogP) is 3.62. The molecule has 0 atom stereocenters. The highest BCUT2D eigenvalue weighted by Gasteiger charge is 2.19. The van der Waals surface area contributed by atoms with Gasteiger partial charge in [-0.1, -0.05) is 30.9 Å². The Bertz CT molecular complexity index is 470. The number of carbonyl (C=O) groups excluding carboxylic acids is 1. The van der Waals surface area contributed by atoms with E-state index in [1.165, 1.54) is 19.3 Å². The van der Waals surface area contributed by atoms with Gasteiger partial charge in [-0.15, -0.1) is 0 Å². The lowest BCUT2D eigenvalue weighted by Crippen LogP contribution is -2.36. The molecule has 2 N–H and O–H groups in total. The van der Waals surface area contributed by atoms with Crippen LogP contribution in [0, 0.1) is 0 Å². The van der Waals surface area contributed by atoms with Crippen molar-refractivity contribution in [3.05, 3.63) is 23.0 Å². The van der Waals surface area contributed by atoms with Gasteiger partial charge in [0.05, 0.1) is 11.3 Å². The average molecular weight is 296 g/mol. The third kappa shape index (κ3) is 4.10. The van der Waals surface area contributed by atoms with Crippen LogP contribution < -0.4 is 10.6 Å². The summed E-state index contributed by atoms with van der Waals surface area (Å²) in [5.41, 5.74) is 1.31. The fourth-order valence-corrected chi connectivity index (χ4v) is 2.71. The van der Waals surface area contributed by atoms with Gasteiger partial charge in [-0.3, -0.25) is 4.79 Å². The number of pyridine rings is 1. The van der Waals surface area contributed by atoms with Crippen LogP contribution in [0.1, 0.15) is 56.3 Å². The van der Waals surface area contributed by atoms with Crippen molar-refractivity contribution >= 4 is 23.2 Å². The summed E-state index contributed by atoms with van der Waals surface area (Å²) in [4.78, 5) is 16.4. The van der Waals surface area contributed by atoms with E-state index in [4.69, 9.17) is 11.6 Å². The van der Waals surface area contributed by atoms with Gasteiger partial charge in [0, 0.05) is 18.3 Å². The first-order valence-electron chi connectivity index (χ1n) is 7.29. The molecule has 1 aliphatic carbocycles. The van der Waals surface area contributed by atoms with Crippen LogP contribution in [-0.2, 0) is 0 Å². The molecule has 2 rings (SSSR count). The number of nitrogens with one attached hydrogen (secondary N) is 2. The largest absolute Gasteiger partial charge is 0.382 e. The van der Waals surface area contributed by atoms with Crippen LogP contribution in [0.3, 0.4) is 0 Å². The molecule has 1 heterocycles. The second-order valence-corrected chi connectivity index (χ2v) is 6.05.